The maximum absolute atomic E-state index is 11.8. The number of amides is 1. The average molecular weight is 292 g/mol. The van der Waals surface area contributed by atoms with E-state index in [1.54, 1.807) is 12.1 Å². The van der Waals surface area contributed by atoms with Crippen LogP contribution in [0, 0.1) is 5.92 Å². The predicted molar refractivity (Wildman–Crippen MR) is 77.5 cm³/mol. The highest BCUT2D eigenvalue weighted by Crippen LogP contribution is 2.24. The zero-order chi connectivity index (χ0) is 14.4. The number of nitrogens with one attached hydrogen (secondary N) is 1. The van der Waals surface area contributed by atoms with E-state index in [1.807, 2.05) is 30.5 Å². The minimum absolute atomic E-state index is 0.0874. The van der Waals surface area contributed by atoms with Crippen LogP contribution in [-0.2, 0) is 0 Å². The molecule has 0 saturated carbocycles. The van der Waals surface area contributed by atoms with Crippen molar-refractivity contribution in [3.63, 3.8) is 0 Å². The largest absolute Gasteiger partial charge is 0.396 e. The predicted octanol–water partition coefficient (Wildman–Crippen LogP) is 2.32. The Hall–Kier alpha value is -1.92. The topological polar surface area (TPSA) is 75.4 Å². The van der Waals surface area contributed by atoms with E-state index < -0.39 is 0 Å². The van der Waals surface area contributed by atoms with Crippen molar-refractivity contribution in [2.75, 3.05) is 13.2 Å². The molecule has 0 aliphatic carbocycles. The first kappa shape index (κ1) is 14.5. The van der Waals surface area contributed by atoms with Crippen molar-refractivity contribution in [1.82, 2.24) is 10.5 Å². The molecule has 6 heteroatoms. The molecule has 0 aliphatic rings. The molecular weight excluding hydrogens is 276 g/mol. The van der Waals surface area contributed by atoms with Crippen LogP contribution in [0.1, 0.15) is 17.4 Å². The summed E-state index contributed by atoms with van der Waals surface area (Å²) in [5, 5.41) is 17.3. The van der Waals surface area contributed by atoms with Gasteiger partial charge in [-0.2, -0.15) is 0 Å². The molecule has 2 heterocycles. The molecule has 0 fully saturated rings. The molecular formula is C14H16N2O3S. The van der Waals surface area contributed by atoms with Gasteiger partial charge in [-0.05, 0) is 17.4 Å². The molecule has 0 saturated heterocycles. The maximum atomic E-state index is 11.8. The minimum atomic E-state index is -0.280. The second-order valence-corrected chi connectivity index (χ2v) is 5.30. The van der Waals surface area contributed by atoms with Gasteiger partial charge in [0.15, 0.2) is 11.5 Å². The van der Waals surface area contributed by atoms with Gasteiger partial charge in [0.2, 0.25) is 0 Å². The van der Waals surface area contributed by atoms with Crippen LogP contribution in [0.15, 0.2) is 40.3 Å². The summed E-state index contributed by atoms with van der Waals surface area (Å²) in [4.78, 5) is 12.8. The van der Waals surface area contributed by atoms with Crippen LogP contribution in [0.2, 0.25) is 0 Å². The lowest BCUT2D eigenvalue weighted by Crippen LogP contribution is -2.23. The van der Waals surface area contributed by atoms with Crippen molar-refractivity contribution in [2.45, 2.75) is 6.92 Å². The van der Waals surface area contributed by atoms with Crippen molar-refractivity contribution in [1.29, 1.82) is 0 Å². The third-order valence-electron chi connectivity index (χ3n) is 2.64. The van der Waals surface area contributed by atoms with Crippen LogP contribution >= 0.6 is 11.3 Å². The molecule has 1 amide bonds. The lowest BCUT2D eigenvalue weighted by atomic mass is 10.2. The Morgan fingerprint density at radius 1 is 1.65 bits per heavy atom. The van der Waals surface area contributed by atoms with Gasteiger partial charge >= 0.3 is 0 Å². The van der Waals surface area contributed by atoms with E-state index in [4.69, 9.17) is 9.63 Å². The Morgan fingerprint density at radius 3 is 3.20 bits per heavy atom. The number of hydrogen-bond acceptors (Lipinski definition) is 5. The summed E-state index contributed by atoms with van der Waals surface area (Å²) in [5.41, 5.74) is 0.261. The molecule has 20 heavy (non-hydrogen) atoms. The molecule has 0 aromatic carbocycles. The quantitative estimate of drug-likeness (QED) is 0.801. The molecule has 106 valence electrons. The molecule has 2 N–H and O–H groups in total. The minimum Gasteiger partial charge on any atom is -0.396 e. The van der Waals surface area contributed by atoms with E-state index in [-0.39, 0.29) is 24.1 Å². The Labute approximate surface area is 120 Å². The highest BCUT2D eigenvalue weighted by atomic mass is 32.1. The van der Waals surface area contributed by atoms with Gasteiger partial charge in [-0.25, -0.2) is 0 Å². The van der Waals surface area contributed by atoms with Gasteiger partial charge in [0, 0.05) is 19.2 Å². The van der Waals surface area contributed by atoms with E-state index in [0.29, 0.717) is 12.3 Å². The molecule has 2 aromatic rings. The first-order valence-electron chi connectivity index (χ1n) is 6.27. The van der Waals surface area contributed by atoms with Crippen molar-refractivity contribution in [3.8, 4) is 10.6 Å². The first-order chi connectivity index (χ1) is 9.70. The third kappa shape index (κ3) is 3.79. The second kappa shape index (κ2) is 7.02. The summed E-state index contributed by atoms with van der Waals surface area (Å²) in [6.45, 7) is 2.38. The zero-order valence-corrected chi connectivity index (χ0v) is 11.9. The number of carbonyl (C=O) groups excluding carboxylic acids is 1. The number of hydrogen-bond donors (Lipinski definition) is 2. The normalized spacial score (nSPS) is 12.7. The maximum Gasteiger partial charge on any atom is 0.273 e. The van der Waals surface area contributed by atoms with Gasteiger partial charge in [-0.3, -0.25) is 4.79 Å². The van der Waals surface area contributed by atoms with Crippen molar-refractivity contribution >= 4 is 17.2 Å². The Balaban J connectivity index is 1.89. The van der Waals surface area contributed by atoms with Crippen molar-refractivity contribution < 1.29 is 14.4 Å². The van der Waals surface area contributed by atoms with Crippen LogP contribution in [0.4, 0.5) is 0 Å². The number of carbonyl (C=O) groups is 1. The monoisotopic (exact) mass is 292 g/mol. The molecule has 1 atom stereocenters. The summed E-state index contributed by atoms with van der Waals surface area (Å²) in [5.74, 6) is 0.400. The Morgan fingerprint density at radius 2 is 2.50 bits per heavy atom. The molecule has 2 aromatic heterocycles. The Bertz CT molecular complexity index is 575. The molecule has 0 spiro atoms. The summed E-state index contributed by atoms with van der Waals surface area (Å²) in [6, 6.07) is 5.45. The number of rotatable bonds is 6. The summed E-state index contributed by atoms with van der Waals surface area (Å²) in [6.07, 6.45) is 3.65. The van der Waals surface area contributed by atoms with Crippen LogP contribution in [0.5, 0.6) is 0 Å². The van der Waals surface area contributed by atoms with Crippen molar-refractivity contribution in [2.24, 2.45) is 5.92 Å². The number of aliphatic hydroxyl groups excluding tert-OH is 1. The van der Waals surface area contributed by atoms with Gasteiger partial charge in [0.1, 0.15) is 0 Å². The summed E-state index contributed by atoms with van der Waals surface area (Å²) in [7, 11) is 0. The third-order valence-corrected chi connectivity index (χ3v) is 3.52. The van der Waals surface area contributed by atoms with E-state index in [2.05, 4.69) is 10.5 Å². The number of thiophene rings is 1. The number of aliphatic hydroxyl groups is 1. The van der Waals surface area contributed by atoms with Gasteiger partial charge in [-0.15, -0.1) is 11.3 Å². The van der Waals surface area contributed by atoms with Gasteiger partial charge in [0.25, 0.3) is 5.91 Å². The lowest BCUT2D eigenvalue weighted by molar-refractivity contribution is 0.0949. The van der Waals surface area contributed by atoms with Crippen LogP contribution < -0.4 is 5.32 Å². The fraction of sp³-hybridized carbons (Fsp3) is 0.286. The average Bonchev–Trinajstić information content (AvgIpc) is 3.12. The smallest absolute Gasteiger partial charge is 0.273 e. The van der Waals surface area contributed by atoms with E-state index >= 15 is 0 Å². The first-order valence-corrected chi connectivity index (χ1v) is 7.15. The fourth-order valence-corrected chi connectivity index (χ4v) is 2.19. The SMILES string of the molecule is CC(/C=C/CNC(=O)c1cc(-c2cccs2)on1)CO. The standard InChI is InChI=1S/C14H16N2O3S/c1-10(9-17)4-2-6-15-14(18)11-8-12(19-16-11)13-5-3-7-20-13/h2-5,7-8,10,17H,6,9H2,1H3,(H,15,18)/b4-2+. The highest BCUT2D eigenvalue weighted by molar-refractivity contribution is 7.13. The zero-order valence-electron chi connectivity index (χ0n) is 11.1. The number of nitrogens with zero attached hydrogens (tertiary/aromatic N) is 1. The molecule has 0 radical (unpaired) electrons. The molecule has 0 bridgehead atoms. The van der Waals surface area contributed by atoms with E-state index in [0.717, 1.165) is 4.88 Å². The summed E-state index contributed by atoms with van der Waals surface area (Å²) < 4.78 is 5.14. The molecule has 1 unspecified atom stereocenters. The second-order valence-electron chi connectivity index (χ2n) is 4.35. The van der Waals surface area contributed by atoms with Gasteiger partial charge in [0.05, 0.1) is 4.88 Å². The Kier molecular flexibility index (Phi) is 5.09. The fourth-order valence-electron chi connectivity index (χ4n) is 1.52. The van der Waals surface area contributed by atoms with Gasteiger partial charge < -0.3 is 14.9 Å². The molecule has 5 nitrogen and oxygen atoms in total. The van der Waals surface area contributed by atoms with E-state index in [1.165, 1.54) is 11.3 Å². The highest BCUT2D eigenvalue weighted by Gasteiger charge is 2.13. The van der Waals surface area contributed by atoms with Crippen LogP contribution in [-0.4, -0.2) is 29.3 Å². The molecule has 2 rings (SSSR count). The summed E-state index contributed by atoms with van der Waals surface area (Å²) >= 11 is 1.53. The van der Waals surface area contributed by atoms with Crippen LogP contribution in [0.3, 0.4) is 0 Å². The van der Waals surface area contributed by atoms with Gasteiger partial charge in [-0.1, -0.05) is 30.3 Å². The van der Waals surface area contributed by atoms with E-state index in [9.17, 15) is 4.79 Å². The lowest BCUT2D eigenvalue weighted by Gasteiger charge is -2.00. The van der Waals surface area contributed by atoms with Crippen LogP contribution in [0.25, 0.3) is 10.6 Å². The van der Waals surface area contributed by atoms with Crippen molar-refractivity contribution in [3.05, 3.63) is 41.4 Å². The number of aromatic nitrogens is 1. The molecule has 0 aliphatic heterocycles.